The maximum atomic E-state index is 8.87. The predicted molar refractivity (Wildman–Crippen MR) is 61.2 cm³/mol. The van der Waals surface area contributed by atoms with Crippen LogP contribution in [0, 0.1) is 0 Å². The maximum Gasteiger partial charge on any atom is 0.275 e. The Labute approximate surface area is 92.1 Å². The minimum Gasteiger partial charge on any atom is -0.344 e. The van der Waals surface area contributed by atoms with Gasteiger partial charge in [0.25, 0.3) is 5.97 Å². The first-order valence-electron chi connectivity index (χ1n) is 5.19. The van der Waals surface area contributed by atoms with E-state index in [2.05, 4.69) is 19.9 Å². The van der Waals surface area contributed by atoms with Crippen LogP contribution >= 0.6 is 0 Å². The van der Waals surface area contributed by atoms with E-state index in [1.807, 2.05) is 13.0 Å². The first-order chi connectivity index (χ1) is 6.81. The zero-order chi connectivity index (χ0) is 11.9. The summed E-state index contributed by atoms with van der Waals surface area (Å²) in [4.78, 5) is 0. The van der Waals surface area contributed by atoms with Crippen molar-refractivity contribution in [1.29, 1.82) is 0 Å². The molecule has 0 unspecified atom stereocenters. The number of aliphatic hydroxyl groups is 2. The minimum absolute atomic E-state index is 0.226. The zero-order valence-corrected chi connectivity index (χ0v) is 10.1. The molecule has 15 heavy (non-hydrogen) atoms. The number of hydrogen-bond acceptors (Lipinski definition) is 3. The van der Waals surface area contributed by atoms with Crippen molar-refractivity contribution in [2.75, 3.05) is 6.61 Å². The largest absolute Gasteiger partial charge is 0.344 e. The lowest BCUT2D eigenvalue weighted by atomic mass is 10.1. The third-order valence-corrected chi connectivity index (χ3v) is 1.88. The molecule has 0 heterocycles. The average molecular weight is 214 g/mol. The number of ether oxygens (including phenoxy) is 1. The summed E-state index contributed by atoms with van der Waals surface area (Å²) in [5, 5.41) is 17.7. The van der Waals surface area contributed by atoms with Gasteiger partial charge in [-0.25, -0.2) is 0 Å². The summed E-state index contributed by atoms with van der Waals surface area (Å²) in [5.74, 6) is -2.03. The Morgan fingerprint density at radius 1 is 1.20 bits per heavy atom. The van der Waals surface area contributed by atoms with Gasteiger partial charge < -0.3 is 14.9 Å². The van der Waals surface area contributed by atoms with Gasteiger partial charge in [-0.15, -0.1) is 0 Å². The van der Waals surface area contributed by atoms with Crippen LogP contribution in [-0.2, 0) is 4.74 Å². The molecule has 0 saturated heterocycles. The summed E-state index contributed by atoms with van der Waals surface area (Å²) in [6.45, 7) is 7.58. The van der Waals surface area contributed by atoms with Crippen LogP contribution in [0.5, 0.6) is 0 Å². The van der Waals surface area contributed by atoms with Gasteiger partial charge in [-0.2, -0.15) is 0 Å². The van der Waals surface area contributed by atoms with Gasteiger partial charge in [0.15, 0.2) is 0 Å². The van der Waals surface area contributed by atoms with E-state index in [1.165, 1.54) is 18.1 Å². The molecule has 0 aliphatic heterocycles. The molecule has 0 bridgehead atoms. The van der Waals surface area contributed by atoms with Crippen LogP contribution in [-0.4, -0.2) is 22.8 Å². The molecule has 0 fully saturated rings. The van der Waals surface area contributed by atoms with E-state index in [0.717, 1.165) is 12.8 Å². The van der Waals surface area contributed by atoms with Crippen LogP contribution in [0.3, 0.4) is 0 Å². The topological polar surface area (TPSA) is 49.7 Å². The predicted octanol–water partition coefficient (Wildman–Crippen LogP) is 2.35. The third kappa shape index (κ3) is 11.3. The summed E-state index contributed by atoms with van der Waals surface area (Å²) >= 11 is 0. The molecule has 0 aliphatic carbocycles. The highest BCUT2D eigenvalue weighted by atomic mass is 16.8. The second-order valence-corrected chi connectivity index (χ2v) is 4.12. The molecule has 0 aliphatic rings. The number of rotatable bonds is 6. The Morgan fingerprint density at radius 2 is 1.80 bits per heavy atom. The highest BCUT2D eigenvalue weighted by Crippen LogP contribution is 2.07. The van der Waals surface area contributed by atoms with E-state index in [9.17, 15) is 0 Å². The normalized spacial score (nSPS) is 12.8. The van der Waals surface area contributed by atoms with Crippen LogP contribution in [0.2, 0.25) is 0 Å². The third-order valence-electron chi connectivity index (χ3n) is 1.88. The maximum absolute atomic E-state index is 8.87. The lowest BCUT2D eigenvalue weighted by Gasteiger charge is -2.14. The molecule has 0 atom stereocenters. The van der Waals surface area contributed by atoms with E-state index in [0.29, 0.717) is 0 Å². The lowest BCUT2D eigenvalue weighted by Crippen LogP contribution is -2.27. The van der Waals surface area contributed by atoms with E-state index >= 15 is 0 Å². The molecule has 3 nitrogen and oxygen atoms in total. The lowest BCUT2D eigenvalue weighted by molar-refractivity contribution is -0.320. The van der Waals surface area contributed by atoms with E-state index < -0.39 is 5.97 Å². The fourth-order valence-corrected chi connectivity index (χ4v) is 1.03. The molecule has 0 aromatic heterocycles. The Kier molecular flexibility index (Phi) is 6.48. The SMILES string of the molecule is CC(C)=CCCC(C)=CCOC(C)(O)O. The van der Waals surface area contributed by atoms with Crippen molar-refractivity contribution in [3.05, 3.63) is 23.3 Å². The molecule has 0 rings (SSSR count). The second kappa shape index (κ2) is 6.77. The first kappa shape index (κ1) is 14.4. The fourth-order valence-electron chi connectivity index (χ4n) is 1.03. The van der Waals surface area contributed by atoms with Gasteiger partial charge in [0.05, 0.1) is 6.61 Å². The Balaban J connectivity index is 3.75. The summed E-state index contributed by atoms with van der Waals surface area (Å²) in [6.07, 6.45) is 6.03. The minimum atomic E-state index is -2.03. The molecular weight excluding hydrogens is 192 g/mol. The Bertz CT molecular complexity index is 230. The highest BCUT2D eigenvalue weighted by molar-refractivity contribution is 5.02. The quantitative estimate of drug-likeness (QED) is 0.527. The van der Waals surface area contributed by atoms with Gasteiger partial charge in [0, 0.05) is 6.92 Å². The summed E-state index contributed by atoms with van der Waals surface area (Å²) in [6, 6.07) is 0. The number of hydrogen-bond donors (Lipinski definition) is 2. The molecule has 0 radical (unpaired) electrons. The van der Waals surface area contributed by atoms with Crippen LogP contribution < -0.4 is 0 Å². The molecule has 0 spiro atoms. The van der Waals surface area contributed by atoms with Crippen LogP contribution in [0.25, 0.3) is 0 Å². The van der Waals surface area contributed by atoms with E-state index in [-0.39, 0.29) is 6.61 Å². The monoisotopic (exact) mass is 214 g/mol. The van der Waals surface area contributed by atoms with Crippen molar-refractivity contribution < 1.29 is 14.9 Å². The first-order valence-corrected chi connectivity index (χ1v) is 5.19. The van der Waals surface area contributed by atoms with Crippen molar-refractivity contribution in [2.24, 2.45) is 0 Å². The smallest absolute Gasteiger partial charge is 0.275 e. The molecule has 0 amide bonds. The van der Waals surface area contributed by atoms with E-state index in [1.54, 1.807) is 0 Å². The van der Waals surface area contributed by atoms with Gasteiger partial charge in [-0.1, -0.05) is 23.3 Å². The Morgan fingerprint density at radius 3 is 2.27 bits per heavy atom. The van der Waals surface area contributed by atoms with Crippen molar-refractivity contribution in [3.63, 3.8) is 0 Å². The molecular formula is C12H22O3. The molecule has 0 saturated carbocycles. The molecule has 0 aromatic carbocycles. The van der Waals surface area contributed by atoms with Crippen molar-refractivity contribution >= 4 is 0 Å². The van der Waals surface area contributed by atoms with Crippen molar-refractivity contribution in [2.45, 2.75) is 46.5 Å². The molecule has 0 aromatic rings. The highest BCUT2D eigenvalue weighted by Gasteiger charge is 2.13. The fraction of sp³-hybridized carbons (Fsp3) is 0.667. The molecule has 2 N–H and O–H groups in total. The van der Waals surface area contributed by atoms with Crippen molar-refractivity contribution in [1.82, 2.24) is 0 Å². The molecule has 3 heteroatoms. The summed E-state index contributed by atoms with van der Waals surface area (Å²) in [7, 11) is 0. The van der Waals surface area contributed by atoms with Crippen molar-refractivity contribution in [3.8, 4) is 0 Å². The Hall–Kier alpha value is -0.640. The van der Waals surface area contributed by atoms with Crippen LogP contribution in [0.4, 0.5) is 0 Å². The van der Waals surface area contributed by atoms with Gasteiger partial charge in [-0.05, 0) is 33.6 Å². The second-order valence-electron chi connectivity index (χ2n) is 4.12. The summed E-state index contributed by atoms with van der Waals surface area (Å²) in [5.41, 5.74) is 2.51. The van der Waals surface area contributed by atoms with Crippen LogP contribution in [0.1, 0.15) is 40.5 Å². The van der Waals surface area contributed by atoms with Crippen LogP contribution in [0.15, 0.2) is 23.3 Å². The van der Waals surface area contributed by atoms with Gasteiger partial charge in [0.1, 0.15) is 0 Å². The van der Waals surface area contributed by atoms with E-state index in [4.69, 9.17) is 14.9 Å². The van der Waals surface area contributed by atoms with Gasteiger partial charge in [-0.3, -0.25) is 0 Å². The standard InChI is InChI=1S/C12H22O3/c1-10(2)6-5-7-11(3)8-9-15-12(4,13)14/h6,8,13-14H,5,7,9H2,1-4H3. The molecule has 88 valence electrons. The van der Waals surface area contributed by atoms with Gasteiger partial charge in [0.2, 0.25) is 0 Å². The average Bonchev–Trinajstić information content (AvgIpc) is 2.00. The summed E-state index contributed by atoms with van der Waals surface area (Å²) < 4.78 is 4.75. The number of allylic oxidation sites excluding steroid dienone is 3. The van der Waals surface area contributed by atoms with Gasteiger partial charge >= 0.3 is 0 Å². The zero-order valence-electron chi connectivity index (χ0n) is 10.1.